The Hall–Kier alpha value is -3.35. The summed E-state index contributed by atoms with van der Waals surface area (Å²) in [6.07, 6.45) is -0.948. The fraction of sp³-hybridized carbons (Fsp3) is 0.286. The van der Waals surface area contributed by atoms with Crippen molar-refractivity contribution in [3.05, 3.63) is 53.1 Å². The molecule has 0 unspecified atom stereocenters. The van der Waals surface area contributed by atoms with Gasteiger partial charge in [-0.25, -0.2) is 4.90 Å². The third-order valence-corrected chi connectivity index (χ3v) is 5.08. The van der Waals surface area contributed by atoms with Crippen molar-refractivity contribution >= 4 is 23.2 Å². The van der Waals surface area contributed by atoms with Gasteiger partial charge in [-0.2, -0.15) is 0 Å². The van der Waals surface area contributed by atoms with Crippen LogP contribution < -0.4 is 14.4 Å². The summed E-state index contributed by atoms with van der Waals surface area (Å²) < 4.78 is 10.6. The number of amides is 2. The van der Waals surface area contributed by atoms with Crippen molar-refractivity contribution < 1.29 is 23.9 Å². The average Bonchev–Trinajstić information content (AvgIpc) is 3.22. The van der Waals surface area contributed by atoms with E-state index >= 15 is 0 Å². The van der Waals surface area contributed by atoms with E-state index in [0.717, 1.165) is 11.1 Å². The molecular weight excluding hydrogens is 360 g/mol. The number of carbonyl (C=O) groups excluding carboxylic acids is 2. The van der Waals surface area contributed by atoms with Crippen LogP contribution in [0.25, 0.3) is 0 Å². The van der Waals surface area contributed by atoms with Crippen LogP contribution in [0.15, 0.2) is 41.6 Å². The number of imide groups is 1. The molecule has 2 heterocycles. The maximum absolute atomic E-state index is 13.2. The molecule has 0 radical (unpaired) electrons. The average molecular weight is 380 g/mol. The number of anilines is 1. The van der Waals surface area contributed by atoms with Crippen molar-refractivity contribution in [2.24, 2.45) is 11.1 Å². The van der Waals surface area contributed by atoms with Crippen molar-refractivity contribution in [3.63, 3.8) is 0 Å². The summed E-state index contributed by atoms with van der Waals surface area (Å²) in [5.41, 5.74) is 3.55. The van der Waals surface area contributed by atoms with Gasteiger partial charge in [0.25, 0.3) is 5.91 Å². The van der Waals surface area contributed by atoms with E-state index in [1.807, 2.05) is 26.0 Å². The summed E-state index contributed by atoms with van der Waals surface area (Å²) in [5.74, 6) is -0.456. The lowest BCUT2D eigenvalue weighted by molar-refractivity contribution is -0.126. The van der Waals surface area contributed by atoms with Crippen LogP contribution >= 0.6 is 0 Å². The Morgan fingerprint density at radius 3 is 2.39 bits per heavy atom. The molecule has 4 rings (SSSR count). The lowest BCUT2D eigenvalue weighted by Crippen LogP contribution is -2.33. The Morgan fingerprint density at radius 2 is 1.71 bits per heavy atom. The first kappa shape index (κ1) is 18.0. The zero-order chi connectivity index (χ0) is 20.0. The van der Waals surface area contributed by atoms with E-state index in [9.17, 15) is 9.59 Å². The van der Waals surface area contributed by atoms with Crippen molar-refractivity contribution in [2.75, 3.05) is 19.1 Å². The molecule has 0 bridgehead atoms. The number of rotatable bonds is 4. The molecule has 144 valence electrons. The fourth-order valence-electron chi connectivity index (χ4n) is 3.71. The lowest BCUT2D eigenvalue weighted by Gasteiger charge is -2.18. The van der Waals surface area contributed by atoms with E-state index in [1.165, 1.54) is 12.0 Å². The molecule has 2 aromatic carbocycles. The second-order valence-electron chi connectivity index (χ2n) is 6.85. The quantitative estimate of drug-likeness (QED) is 0.762. The van der Waals surface area contributed by atoms with Gasteiger partial charge in [-0.1, -0.05) is 22.9 Å². The molecule has 0 aromatic heterocycles. The third kappa shape index (κ3) is 2.62. The van der Waals surface area contributed by atoms with Crippen LogP contribution in [0, 0.1) is 19.8 Å². The van der Waals surface area contributed by atoms with Gasteiger partial charge in [-0.15, -0.1) is 0 Å². The second kappa shape index (κ2) is 6.67. The second-order valence-corrected chi connectivity index (χ2v) is 6.85. The van der Waals surface area contributed by atoms with E-state index < -0.39 is 17.9 Å². The van der Waals surface area contributed by atoms with Gasteiger partial charge in [0.05, 0.1) is 19.9 Å². The SMILES string of the molecule is COc1ccc(C2=NO[C@@H]3C(=O)N(c4ccc(C)cc4C)C(=O)[C@@H]23)cc1OC. The standard InChI is InChI=1S/C21H20N2O5/c1-11-5-7-14(12(2)9-11)23-20(24)17-18(22-28-19(17)21(23)25)13-6-8-15(26-3)16(10-13)27-4/h5-10,17,19H,1-4H3/t17-,19-/m0/s1. The predicted octanol–water partition coefficient (Wildman–Crippen LogP) is 2.61. The summed E-state index contributed by atoms with van der Waals surface area (Å²) in [6, 6.07) is 10.8. The number of hydrogen-bond donors (Lipinski definition) is 0. The van der Waals surface area contributed by atoms with Crippen LogP contribution in [0.4, 0.5) is 5.69 Å². The minimum atomic E-state index is -0.948. The number of aryl methyl sites for hydroxylation is 2. The van der Waals surface area contributed by atoms with Crippen LogP contribution in [-0.2, 0) is 14.4 Å². The van der Waals surface area contributed by atoms with Gasteiger partial charge in [-0.05, 0) is 43.7 Å². The molecular formula is C21H20N2O5. The summed E-state index contributed by atoms with van der Waals surface area (Å²) in [7, 11) is 3.08. The van der Waals surface area contributed by atoms with Crippen LogP contribution in [0.1, 0.15) is 16.7 Å². The van der Waals surface area contributed by atoms with Crippen LogP contribution in [0.2, 0.25) is 0 Å². The minimum absolute atomic E-state index is 0.340. The zero-order valence-corrected chi connectivity index (χ0v) is 16.1. The highest BCUT2D eigenvalue weighted by Gasteiger charge is 2.56. The van der Waals surface area contributed by atoms with Gasteiger partial charge >= 0.3 is 0 Å². The summed E-state index contributed by atoms with van der Waals surface area (Å²) in [5, 5.41) is 4.04. The van der Waals surface area contributed by atoms with Gasteiger partial charge in [0, 0.05) is 5.56 Å². The Bertz CT molecular complexity index is 1010. The third-order valence-electron chi connectivity index (χ3n) is 5.08. The Labute approximate surface area is 162 Å². The highest BCUT2D eigenvalue weighted by Crippen LogP contribution is 2.38. The number of carbonyl (C=O) groups is 2. The topological polar surface area (TPSA) is 77.4 Å². The molecule has 2 aliphatic heterocycles. The first-order valence-corrected chi connectivity index (χ1v) is 8.87. The van der Waals surface area contributed by atoms with Crippen LogP contribution in [0.3, 0.4) is 0 Å². The molecule has 2 amide bonds. The molecule has 1 saturated heterocycles. The number of methoxy groups -OCH3 is 2. The maximum Gasteiger partial charge on any atom is 0.278 e. The van der Waals surface area contributed by atoms with E-state index in [4.69, 9.17) is 14.3 Å². The number of fused-ring (bicyclic) bond motifs is 1. The number of hydrogen-bond acceptors (Lipinski definition) is 6. The number of benzene rings is 2. The monoisotopic (exact) mass is 380 g/mol. The summed E-state index contributed by atoms with van der Waals surface area (Å²) in [4.78, 5) is 32.7. The number of oxime groups is 1. The fourth-order valence-corrected chi connectivity index (χ4v) is 3.71. The number of nitrogens with zero attached hydrogens (tertiary/aromatic N) is 2. The number of ether oxygens (including phenoxy) is 2. The van der Waals surface area contributed by atoms with E-state index in [2.05, 4.69) is 5.16 Å². The molecule has 2 aromatic rings. The molecule has 28 heavy (non-hydrogen) atoms. The smallest absolute Gasteiger partial charge is 0.278 e. The first-order chi connectivity index (χ1) is 13.5. The zero-order valence-electron chi connectivity index (χ0n) is 16.1. The molecule has 7 nitrogen and oxygen atoms in total. The Balaban J connectivity index is 1.71. The highest BCUT2D eigenvalue weighted by atomic mass is 16.7. The van der Waals surface area contributed by atoms with E-state index in [0.29, 0.717) is 28.5 Å². The van der Waals surface area contributed by atoms with Crippen LogP contribution in [-0.4, -0.2) is 37.8 Å². The van der Waals surface area contributed by atoms with Crippen LogP contribution in [0.5, 0.6) is 11.5 Å². The Kier molecular flexibility index (Phi) is 4.30. The molecule has 2 aliphatic rings. The minimum Gasteiger partial charge on any atom is -0.493 e. The van der Waals surface area contributed by atoms with Crippen molar-refractivity contribution in [3.8, 4) is 11.5 Å². The molecule has 0 saturated carbocycles. The van der Waals surface area contributed by atoms with E-state index in [1.54, 1.807) is 31.4 Å². The molecule has 7 heteroatoms. The van der Waals surface area contributed by atoms with Gasteiger partial charge in [0.1, 0.15) is 11.6 Å². The first-order valence-electron chi connectivity index (χ1n) is 8.87. The normalized spacial score (nSPS) is 20.7. The van der Waals surface area contributed by atoms with Gasteiger partial charge in [0.2, 0.25) is 12.0 Å². The largest absolute Gasteiger partial charge is 0.493 e. The predicted molar refractivity (Wildman–Crippen MR) is 103 cm³/mol. The lowest BCUT2D eigenvalue weighted by atomic mass is 9.94. The summed E-state index contributed by atoms with van der Waals surface area (Å²) >= 11 is 0. The van der Waals surface area contributed by atoms with Crippen molar-refractivity contribution in [1.29, 1.82) is 0 Å². The molecule has 1 fully saturated rings. The molecule has 0 aliphatic carbocycles. The maximum atomic E-state index is 13.2. The molecule has 0 spiro atoms. The van der Waals surface area contributed by atoms with Crippen molar-refractivity contribution in [1.82, 2.24) is 0 Å². The van der Waals surface area contributed by atoms with Gasteiger partial charge in [-0.3, -0.25) is 9.59 Å². The highest BCUT2D eigenvalue weighted by molar-refractivity contribution is 6.32. The van der Waals surface area contributed by atoms with Gasteiger partial charge < -0.3 is 14.3 Å². The molecule has 2 atom stereocenters. The van der Waals surface area contributed by atoms with E-state index in [-0.39, 0.29) is 5.91 Å². The van der Waals surface area contributed by atoms with Crippen molar-refractivity contribution in [2.45, 2.75) is 20.0 Å². The van der Waals surface area contributed by atoms with Gasteiger partial charge in [0.15, 0.2) is 11.5 Å². The molecule has 0 N–H and O–H groups in total. The summed E-state index contributed by atoms with van der Waals surface area (Å²) in [6.45, 7) is 3.84. The Morgan fingerprint density at radius 1 is 0.964 bits per heavy atom.